The van der Waals surface area contributed by atoms with E-state index >= 15 is 0 Å². The fourth-order valence-corrected chi connectivity index (χ4v) is 5.08. The highest BCUT2D eigenvalue weighted by atomic mass is 32.2. The molecule has 0 bridgehead atoms. The van der Waals surface area contributed by atoms with E-state index in [-0.39, 0.29) is 39.7 Å². The molecule has 0 aliphatic carbocycles. The third-order valence-electron chi connectivity index (χ3n) is 6.05. The van der Waals surface area contributed by atoms with Crippen LogP contribution in [0.15, 0.2) is 53.4 Å². The number of carbonyl (C=O) groups is 1. The molecule has 186 valence electrons. The van der Waals surface area contributed by atoms with Crippen LogP contribution in [-0.4, -0.2) is 40.3 Å². The first-order valence-corrected chi connectivity index (χ1v) is 12.1. The molecule has 0 aliphatic heterocycles. The highest BCUT2D eigenvalue weighted by Crippen LogP contribution is 2.48. The van der Waals surface area contributed by atoms with Gasteiger partial charge in [0.05, 0.1) is 26.9 Å². The molecule has 0 fully saturated rings. The van der Waals surface area contributed by atoms with E-state index in [9.17, 15) is 23.4 Å². The third kappa shape index (κ3) is 4.01. The molecular weight excluding hydrogens is 484 g/mol. The number of sulfonamides is 1. The van der Waals surface area contributed by atoms with Gasteiger partial charge in [0.2, 0.25) is 15.9 Å². The van der Waals surface area contributed by atoms with Gasteiger partial charge >= 0.3 is 0 Å². The Morgan fingerprint density at radius 3 is 2.31 bits per heavy atom. The van der Waals surface area contributed by atoms with Crippen molar-refractivity contribution in [1.82, 2.24) is 9.97 Å². The number of phenols is 2. The van der Waals surface area contributed by atoms with Gasteiger partial charge in [0.15, 0.2) is 0 Å². The van der Waals surface area contributed by atoms with Gasteiger partial charge < -0.3 is 26.7 Å². The molecule has 0 spiro atoms. The summed E-state index contributed by atoms with van der Waals surface area (Å²) in [5, 5.41) is 35.2. The molecule has 36 heavy (non-hydrogen) atoms. The Morgan fingerprint density at radius 2 is 1.72 bits per heavy atom. The maximum absolute atomic E-state index is 12.8. The van der Waals surface area contributed by atoms with Crippen molar-refractivity contribution in [2.24, 2.45) is 16.6 Å². The Morgan fingerprint density at radius 1 is 1.06 bits per heavy atom. The molecule has 0 unspecified atom stereocenters. The summed E-state index contributed by atoms with van der Waals surface area (Å²) in [5.74, 6) is -1.74. The number of primary sulfonamides is 1. The first-order valence-electron chi connectivity index (χ1n) is 10.6. The smallest absolute Gasteiger partial charge is 0.239 e. The summed E-state index contributed by atoms with van der Waals surface area (Å²) in [6.45, 7) is 2.85. The average Bonchev–Trinajstić information content (AvgIpc) is 3.21. The van der Waals surface area contributed by atoms with Crippen LogP contribution in [0.1, 0.15) is 25.0 Å². The summed E-state index contributed by atoms with van der Waals surface area (Å²) in [6, 6.07) is 11.9. The van der Waals surface area contributed by atoms with Crippen LogP contribution in [0.4, 0.5) is 0 Å². The van der Waals surface area contributed by atoms with Crippen LogP contribution in [0, 0.1) is 5.41 Å². The molecule has 1 aromatic heterocycles. The molecule has 12 heteroatoms. The van der Waals surface area contributed by atoms with Crippen molar-refractivity contribution in [2.75, 3.05) is 0 Å². The van der Waals surface area contributed by atoms with Crippen molar-refractivity contribution in [2.45, 2.75) is 24.2 Å². The first kappa shape index (κ1) is 24.7. The lowest BCUT2D eigenvalue weighted by Crippen LogP contribution is -2.37. The minimum atomic E-state index is -4.55. The molecule has 4 aromatic rings. The lowest BCUT2D eigenvalue weighted by Gasteiger charge is -2.27. The number of amides is 1. The monoisotopic (exact) mass is 508 g/mol. The number of nitrogens with zero attached hydrogens (tertiary/aromatic N) is 1. The highest BCUT2D eigenvalue weighted by molar-refractivity contribution is 7.89. The summed E-state index contributed by atoms with van der Waals surface area (Å²) in [5.41, 5.74) is 10.7. The van der Waals surface area contributed by atoms with Gasteiger partial charge in [-0.05, 0) is 49.7 Å². The molecule has 0 aliphatic rings. The van der Waals surface area contributed by atoms with Crippen LogP contribution in [0.25, 0.3) is 33.5 Å². The average molecular weight is 509 g/mol. The third-order valence-corrected chi connectivity index (χ3v) is 7.04. The molecule has 4 rings (SSSR count). The molecule has 10 N–H and O–H groups in total. The summed E-state index contributed by atoms with van der Waals surface area (Å²) >= 11 is 0. The Balaban J connectivity index is 2.17. The lowest BCUT2D eigenvalue weighted by molar-refractivity contribution is -0.122. The van der Waals surface area contributed by atoms with E-state index in [0.29, 0.717) is 16.6 Å². The normalized spacial score (nSPS) is 12.1. The maximum atomic E-state index is 12.8. The van der Waals surface area contributed by atoms with Gasteiger partial charge in [-0.1, -0.05) is 18.2 Å². The molecule has 1 heterocycles. The van der Waals surface area contributed by atoms with Crippen LogP contribution in [0.5, 0.6) is 11.5 Å². The molecule has 11 nitrogen and oxygen atoms in total. The number of hydrogen-bond acceptors (Lipinski definition) is 7. The van der Waals surface area contributed by atoms with Crippen LogP contribution >= 0.6 is 0 Å². The number of H-pyrrole nitrogens is 1. The van der Waals surface area contributed by atoms with E-state index in [0.717, 1.165) is 0 Å². The number of para-hydroxylation sites is 1. The number of fused-ring (bicyclic) bond motifs is 1. The molecule has 1 amide bonds. The number of hydrogen-bond donors (Lipinski definition) is 7. The number of nitrogens with two attached hydrogens (primary N) is 3. The molecule has 0 radical (unpaired) electrons. The SMILES string of the molecule is CC(C)(C(N)=O)c1cc(-c2nc3ccc(C(=N)N)cc3[nH]2)c(O)c(-c2ccccc2O)c1S(N)(=O)=O. The first-order chi connectivity index (χ1) is 16.7. The topological polar surface area (TPSA) is 222 Å². The summed E-state index contributed by atoms with van der Waals surface area (Å²) in [6.07, 6.45) is 0. The number of aromatic hydroxyl groups is 2. The number of imidazole rings is 1. The second-order valence-corrected chi connectivity index (χ2v) is 10.3. The van der Waals surface area contributed by atoms with E-state index in [1.54, 1.807) is 18.2 Å². The Bertz CT molecular complexity index is 1670. The van der Waals surface area contributed by atoms with Crippen LogP contribution in [0.2, 0.25) is 0 Å². The highest BCUT2D eigenvalue weighted by Gasteiger charge is 2.38. The van der Waals surface area contributed by atoms with E-state index < -0.39 is 32.0 Å². The lowest BCUT2D eigenvalue weighted by atomic mass is 9.81. The molecule has 0 atom stereocenters. The van der Waals surface area contributed by atoms with E-state index in [1.807, 2.05) is 0 Å². The number of rotatable bonds is 6. The summed E-state index contributed by atoms with van der Waals surface area (Å²) < 4.78 is 25.7. The van der Waals surface area contributed by atoms with Crippen LogP contribution in [-0.2, 0) is 20.2 Å². The minimum absolute atomic E-state index is 0.0302. The minimum Gasteiger partial charge on any atom is -0.507 e. The second-order valence-electron chi connectivity index (χ2n) is 8.81. The zero-order valence-corrected chi connectivity index (χ0v) is 20.1. The van der Waals surface area contributed by atoms with Gasteiger partial charge in [-0.3, -0.25) is 10.2 Å². The number of nitrogen functional groups attached to an aromatic ring is 1. The predicted molar refractivity (Wildman–Crippen MR) is 135 cm³/mol. The number of nitrogens with one attached hydrogen (secondary N) is 2. The van der Waals surface area contributed by atoms with Crippen molar-refractivity contribution >= 4 is 32.8 Å². The Labute approximate surface area is 206 Å². The number of benzene rings is 3. The van der Waals surface area contributed by atoms with Gasteiger partial charge in [0.1, 0.15) is 23.2 Å². The molecule has 3 aromatic carbocycles. The van der Waals surface area contributed by atoms with Gasteiger partial charge in [-0.25, -0.2) is 18.5 Å². The second kappa shape index (κ2) is 8.36. The van der Waals surface area contributed by atoms with Crippen molar-refractivity contribution in [3.63, 3.8) is 0 Å². The van der Waals surface area contributed by atoms with Crippen molar-refractivity contribution in [3.05, 3.63) is 59.7 Å². The number of amidine groups is 1. The van der Waals surface area contributed by atoms with Crippen LogP contribution < -0.4 is 16.6 Å². The standard InChI is InChI=1S/C24H24N6O5S/c1-24(2,23(27)33)14-10-13(22-29-15-8-7-11(21(25)26)9-16(15)30-22)19(32)18(20(14)36(28,34)35)12-5-3-4-6-17(12)31/h3-10,31-32H,1-2H3,(H3,25,26)(H2,27,33)(H,29,30)(H2,28,34,35). The van der Waals surface area contributed by atoms with Gasteiger partial charge in [-0.15, -0.1) is 0 Å². The van der Waals surface area contributed by atoms with Crippen molar-refractivity contribution < 1.29 is 23.4 Å². The van der Waals surface area contributed by atoms with Gasteiger partial charge in [0, 0.05) is 16.7 Å². The van der Waals surface area contributed by atoms with E-state index in [4.69, 9.17) is 22.0 Å². The summed E-state index contributed by atoms with van der Waals surface area (Å²) in [4.78, 5) is 19.4. The Hall–Kier alpha value is -4.42. The number of aromatic amines is 1. The molecule has 0 saturated carbocycles. The van der Waals surface area contributed by atoms with Gasteiger partial charge in [0.25, 0.3) is 0 Å². The Kier molecular flexibility index (Phi) is 5.73. The van der Waals surface area contributed by atoms with E-state index in [1.165, 1.54) is 44.2 Å². The zero-order valence-electron chi connectivity index (χ0n) is 19.3. The molecule has 0 saturated heterocycles. The number of primary amides is 1. The van der Waals surface area contributed by atoms with E-state index in [2.05, 4.69) is 9.97 Å². The predicted octanol–water partition coefficient (Wildman–Crippen LogP) is 2.00. The number of carbonyl (C=O) groups excluding carboxylic acids is 1. The molecular formula is C24H24N6O5S. The quantitative estimate of drug-likeness (QED) is 0.151. The zero-order chi connectivity index (χ0) is 26.6. The fourth-order valence-electron chi connectivity index (χ4n) is 3.97. The fraction of sp³-hybridized carbons (Fsp3) is 0.125. The maximum Gasteiger partial charge on any atom is 0.239 e. The largest absolute Gasteiger partial charge is 0.507 e. The summed E-state index contributed by atoms with van der Waals surface area (Å²) in [7, 11) is -4.55. The number of phenolic OH excluding ortho intramolecular Hbond substituents is 2. The number of aromatic nitrogens is 2. The van der Waals surface area contributed by atoms with Crippen molar-refractivity contribution in [3.8, 4) is 34.0 Å². The van der Waals surface area contributed by atoms with Gasteiger partial charge in [-0.2, -0.15) is 0 Å². The van der Waals surface area contributed by atoms with Crippen molar-refractivity contribution in [1.29, 1.82) is 5.41 Å². The van der Waals surface area contributed by atoms with Crippen LogP contribution in [0.3, 0.4) is 0 Å².